The highest BCUT2D eigenvalue weighted by atomic mass is 16.2. The van der Waals surface area contributed by atoms with Gasteiger partial charge in [0.2, 0.25) is 5.91 Å². The molecule has 0 aromatic heterocycles. The van der Waals surface area contributed by atoms with Crippen molar-refractivity contribution in [2.75, 3.05) is 19.6 Å². The number of carbonyl (C=O) groups excluding carboxylic acids is 1. The van der Waals surface area contributed by atoms with Crippen molar-refractivity contribution in [3.8, 4) is 0 Å². The van der Waals surface area contributed by atoms with Crippen molar-refractivity contribution in [2.45, 2.75) is 63.7 Å². The van der Waals surface area contributed by atoms with Crippen molar-refractivity contribution in [3.05, 3.63) is 35.4 Å². The molecule has 1 amide bonds. The largest absolute Gasteiger partial charge is 0.355 e. The minimum absolute atomic E-state index is 0.253. The van der Waals surface area contributed by atoms with Gasteiger partial charge in [0, 0.05) is 6.54 Å². The third-order valence-corrected chi connectivity index (χ3v) is 6.02. The first-order valence-electron chi connectivity index (χ1n) is 9.71. The summed E-state index contributed by atoms with van der Waals surface area (Å²) in [5.74, 6) is 1.52. The lowest BCUT2D eigenvalue weighted by Crippen LogP contribution is -2.43. The molecule has 1 unspecified atom stereocenters. The summed E-state index contributed by atoms with van der Waals surface area (Å²) in [4.78, 5) is 13.0. The van der Waals surface area contributed by atoms with Gasteiger partial charge in [-0.2, -0.15) is 0 Å². The second-order valence-corrected chi connectivity index (χ2v) is 7.97. The Labute approximate surface area is 146 Å². The van der Waals surface area contributed by atoms with Crippen LogP contribution in [0.4, 0.5) is 0 Å². The zero-order chi connectivity index (χ0) is 17.0. The molecule has 2 N–H and O–H groups in total. The molecule has 3 rings (SSSR count). The van der Waals surface area contributed by atoms with Gasteiger partial charge in [0.25, 0.3) is 0 Å². The normalized spacial score (nSPS) is 22.9. The Bertz CT molecular complexity index is 537. The summed E-state index contributed by atoms with van der Waals surface area (Å²) in [6.45, 7) is 7.48. The molecule has 0 spiro atoms. The van der Waals surface area contributed by atoms with Crippen LogP contribution in [0.5, 0.6) is 0 Å². The Morgan fingerprint density at radius 1 is 1.25 bits per heavy atom. The smallest absolute Gasteiger partial charge is 0.230 e. The number of hydrogen-bond donors (Lipinski definition) is 2. The molecular weight excluding hydrogens is 296 g/mol. The molecule has 0 radical (unpaired) electrons. The standard InChI is InChI=1S/C21H32N2O/c1-16(2)18-5-7-19(8-6-18)21(11-3-4-12-21)20(24)23-14-10-17-9-13-22-15-17/h5-8,16-17,22H,3-4,9-15H2,1-2H3,(H,23,24). The number of nitrogens with one attached hydrogen (secondary N) is 2. The molecule has 1 aromatic rings. The van der Waals surface area contributed by atoms with E-state index in [0.717, 1.165) is 57.7 Å². The molecule has 3 nitrogen and oxygen atoms in total. The third-order valence-electron chi connectivity index (χ3n) is 6.02. The summed E-state index contributed by atoms with van der Waals surface area (Å²) < 4.78 is 0. The Balaban J connectivity index is 1.66. The van der Waals surface area contributed by atoms with Gasteiger partial charge >= 0.3 is 0 Å². The Hall–Kier alpha value is -1.35. The van der Waals surface area contributed by atoms with E-state index in [1.54, 1.807) is 0 Å². The van der Waals surface area contributed by atoms with Crippen LogP contribution in [0, 0.1) is 5.92 Å². The SMILES string of the molecule is CC(C)c1ccc(C2(C(=O)NCCC3CCNC3)CCCC2)cc1. The van der Waals surface area contributed by atoms with Gasteiger partial charge in [-0.25, -0.2) is 0 Å². The predicted molar refractivity (Wildman–Crippen MR) is 99.3 cm³/mol. The molecule has 24 heavy (non-hydrogen) atoms. The molecule has 0 bridgehead atoms. The lowest BCUT2D eigenvalue weighted by atomic mass is 9.77. The maximum Gasteiger partial charge on any atom is 0.230 e. The van der Waals surface area contributed by atoms with Crippen molar-refractivity contribution < 1.29 is 4.79 Å². The highest BCUT2D eigenvalue weighted by molar-refractivity contribution is 5.88. The zero-order valence-electron chi connectivity index (χ0n) is 15.2. The molecule has 1 atom stereocenters. The molecule has 132 valence electrons. The molecule has 1 saturated carbocycles. The first-order chi connectivity index (χ1) is 11.6. The van der Waals surface area contributed by atoms with E-state index in [1.165, 1.54) is 17.5 Å². The molecule has 1 aliphatic heterocycles. The summed E-state index contributed by atoms with van der Waals surface area (Å²) in [5.41, 5.74) is 2.27. The van der Waals surface area contributed by atoms with E-state index in [1.807, 2.05) is 0 Å². The molecular formula is C21H32N2O. The van der Waals surface area contributed by atoms with E-state index >= 15 is 0 Å². The highest BCUT2D eigenvalue weighted by Gasteiger charge is 2.42. The van der Waals surface area contributed by atoms with Gasteiger partial charge in [0.15, 0.2) is 0 Å². The Morgan fingerprint density at radius 3 is 2.54 bits per heavy atom. The van der Waals surface area contributed by atoms with Gasteiger partial charge < -0.3 is 10.6 Å². The minimum Gasteiger partial charge on any atom is -0.355 e. The van der Waals surface area contributed by atoms with E-state index in [9.17, 15) is 4.79 Å². The molecule has 2 fully saturated rings. The van der Waals surface area contributed by atoms with E-state index in [2.05, 4.69) is 48.7 Å². The highest BCUT2D eigenvalue weighted by Crippen LogP contribution is 2.41. The topological polar surface area (TPSA) is 41.1 Å². The van der Waals surface area contributed by atoms with Crippen molar-refractivity contribution in [3.63, 3.8) is 0 Å². The van der Waals surface area contributed by atoms with E-state index in [4.69, 9.17) is 0 Å². The Kier molecular flexibility index (Phi) is 5.60. The number of rotatable bonds is 6. The van der Waals surface area contributed by atoms with Gasteiger partial charge in [-0.3, -0.25) is 4.79 Å². The predicted octanol–water partition coefficient (Wildman–Crippen LogP) is 3.74. The summed E-state index contributed by atoms with van der Waals surface area (Å²) in [7, 11) is 0. The quantitative estimate of drug-likeness (QED) is 0.835. The van der Waals surface area contributed by atoms with E-state index in [0.29, 0.717) is 5.92 Å². The third kappa shape index (κ3) is 3.66. The average molecular weight is 329 g/mol. The van der Waals surface area contributed by atoms with Crippen molar-refractivity contribution in [1.29, 1.82) is 0 Å². The number of benzene rings is 1. The summed E-state index contributed by atoms with van der Waals surface area (Å²) in [6.07, 6.45) is 6.65. The van der Waals surface area contributed by atoms with E-state index in [-0.39, 0.29) is 11.3 Å². The van der Waals surface area contributed by atoms with Crippen LogP contribution in [-0.2, 0) is 10.2 Å². The number of hydrogen-bond acceptors (Lipinski definition) is 2. The molecule has 2 aliphatic rings. The molecule has 1 saturated heterocycles. The van der Waals surface area contributed by atoms with E-state index < -0.39 is 0 Å². The molecule has 1 aliphatic carbocycles. The van der Waals surface area contributed by atoms with Crippen LogP contribution >= 0.6 is 0 Å². The second kappa shape index (κ2) is 7.69. The minimum atomic E-state index is -0.288. The first kappa shape index (κ1) is 17.5. The van der Waals surface area contributed by atoms with Gasteiger partial charge in [-0.15, -0.1) is 0 Å². The maximum atomic E-state index is 13.0. The summed E-state index contributed by atoms with van der Waals surface area (Å²) in [5, 5.41) is 6.66. The van der Waals surface area contributed by atoms with Gasteiger partial charge in [-0.05, 0) is 61.7 Å². The number of carbonyl (C=O) groups is 1. The fourth-order valence-electron chi connectivity index (χ4n) is 4.33. The van der Waals surface area contributed by atoms with Crippen molar-refractivity contribution >= 4 is 5.91 Å². The second-order valence-electron chi connectivity index (χ2n) is 7.97. The van der Waals surface area contributed by atoms with Crippen LogP contribution in [0.15, 0.2) is 24.3 Å². The first-order valence-corrected chi connectivity index (χ1v) is 9.71. The number of amides is 1. The maximum absolute atomic E-state index is 13.0. The Morgan fingerprint density at radius 2 is 1.96 bits per heavy atom. The lowest BCUT2D eigenvalue weighted by molar-refractivity contribution is -0.126. The fourth-order valence-corrected chi connectivity index (χ4v) is 4.33. The van der Waals surface area contributed by atoms with Crippen molar-refractivity contribution in [1.82, 2.24) is 10.6 Å². The van der Waals surface area contributed by atoms with Crippen LogP contribution in [0.3, 0.4) is 0 Å². The fraction of sp³-hybridized carbons (Fsp3) is 0.667. The summed E-state index contributed by atoms with van der Waals surface area (Å²) >= 11 is 0. The lowest BCUT2D eigenvalue weighted by Gasteiger charge is -2.29. The monoisotopic (exact) mass is 328 g/mol. The van der Waals surface area contributed by atoms with Gasteiger partial charge in [0.1, 0.15) is 0 Å². The molecule has 1 aromatic carbocycles. The van der Waals surface area contributed by atoms with Crippen LogP contribution in [-0.4, -0.2) is 25.5 Å². The van der Waals surface area contributed by atoms with Gasteiger partial charge in [0.05, 0.1) is 5.41 Å². The average Bonchev–Trinajstić information content (AvgIpc) is 3.27. The van der Waals surface area contributed by atoms with Crippen molar-refractivity contribution in [2.24, 2.45) is 5.92 Å². The molecule has 3 heteroatoms. The molecule has 1 heterocycles. The van der Waals surface area contributed by atoms with Crippen LogP contribution < -0.4 is 10.6 Å². The van der Waals surface area contributed by atoms with Crippen LogP contribution in [0.1, 0.15) is 69.4 Å². The zero-order valence-corrected chi connectivity index (χ0v) is 15.2. The van der Waals surface area contributed by atoms with Crippen LogP contribution in [0.2, 0.25) is 0 Å². The summed E-state index contributed by atoms with van der Waals surface area (Å²) in [6, 6.07) is 8.80. The van der Waals surface area contributed by atoms with Crippen LogP contribution in [0.25, 0.3) is 0 Å². The van der Waals surface area contributed by atoms with Gasteiger partial charge in [-0.1, -0.05) is 51.0 Å².